The van der Waals surface area contributed by atoms with Crippen molar-refractivity contribution in [1.29, 1.82) is 0 Å². The Morgan fingerprint density at radius 1 is 0.900 bits per heavy atom. The van der Waals surface area contributed by atoms with Crippen molar-refractivity contribution in [3.05, 3.63) is 12.1 Å². The molecule has 0 aliphatic carbocycles. The van der Waals surface area contributed by atoms with Gasteiger partial charge in [-0.25, -0.2) is 0 Å². The highest BCUT2D eigenvalue weighted by Crippen LogP contribution is 2.11. The molecule has 1 aromatic carbocycles. The van der Waals surface area contributed by atoms with Crippen molar-refractivity contribution in [2.45, 2.75) is 9.79 Å². The molecule has 2 unspecified atom stereocenters. The molecule has 1 rings (SSSR count). The monoisotopic (exact) mass is 206 g/mol. The van der Waals surface area contributed by atoms with E-state index in [-0.39, 0.29) is 0 Å². The Morgan fingerprint density at radius 2 is 1.20 bits per heavy atom. The molecule has 0 radical (unpaired) electrons. The van der Waals surface area contributed by atoms with Crippen LogP contribution in [0.2, 0.25) is 0 Å². The van der Waals surface area contributed by atoms with E-state index in [1.54, 1.807) is 0 Å². The van der Waals surface area contributed by atoms with Crippen LogP contribution in [0.1, 0.15) is 0 Å². The molecule has 10 heavy (non-hydrogen) atoms. The molecule has 1 aromatic rings. The van der Waals surface area contributed by atoms with Crippen LogP contribution in [0.4, 0.5) is 0 Å². The summed E-state index contributed by atoms with van der Waals surface area (Å²) in [5.41, 5.74) is 0. The molecule has 0 aromatic heterocycles. The summed E-state index contributed by atoms with van der Waals surface area (Å²) in [5.74, 6) is 0. The molecular weight excluding hydrogens is 198 g/mol. The van der Waals surface area contributed by atoms with E-state index in [1.165, 1.54) is 0 Å². The standard InChI is InChI=1S/C6H8P2S2/c7-5-3(9)1-2-4(10)6(5)8/h1-2,9-10H,7-8H2. The van der Waals surface area contributed by atoms with Crippen molar-refractivity contribution in [3.63, 3.8) is 0 Å². The largest absolute Gasteiger partial charge is 0.143 e. The fourth-order valence-corrected chi connectivity index (χ4v) is 1.75. The van der Waals surface area contributed by atoms with Gasteiger partial charge in [-0.2, -0.15) is 0 Å². The maximum Gasteiger partial charge on any atom is 0.0119 e. The predicted molar refractivity (Wildman–Crippen MR) is 59.6 cm³/mol. The zero-order chi connectivity index (χ0) is 7.72. The molecule has 0 heterocycles. The third kappa shape index (κ3) is 1.68. The maximum atomic E-state index is 4.25. The van der Waals surface area contributed by atoms with Crippen LogP contribution >= 0.6 is 43.7 Å². The maximum absolute atomic E-state index is 4.25. The minimum atomic E-state index is 0.979. The predicted octanol–water partition coefficient (Wildman–Crippen LogP) is 1.26. The first-order valence-electron chi connectivity index (χ1n) is 2.69. The van der Waals surface area contributed by atoms with Gasteiger partial charge in [0.2, 0.25) is 0 Å². The minimum absolute atomic E-state index is 0.979. The summed E-state index contributed by atoms with van der Waals surface area (Å²) in [6.45, 7) is 0. The summed E-state index contributed by atoms with van der Waals surface area (Å²) >= 11 is 8.49. The Labute approximate surface area is 76.4 Å². The van der Waals surface area contributed by atoms with E-state index < -0.39 is 0 Å². The van der Waals surface area contributed by atoms with Crippen molar-refractivity contribution in [2.75, 3.05) is 0 Å². The summed E-state index contributed by atoms with van der Waals surface area (Å²) in [5, 5.41) is 2.20. The fourth-order valence-electron chi connectivity index (χ4n) is 0.613. The highest BCUT2D eigenvalue weighted by Gasteiger charge is 1.99. The highest BCUT2D eigenvalue weighted by atomic mass is 32.1. The van der Waals surface area contributed by atoms with Gasteiger partial charge in [0.1, 0.15) is 0 Å². The average Bonchev–Trinajstić information content (AvgIpc) is 1.93. The van der Waals surface area contributed by atoms with E-state index in [0.29, 0.717) is 0 Å². The minimum Gasteiger partial charge on any atom is -0.143 e. The molecule has 0 amide bonds. The van der Waals surface area contributed by atoms with Crippen molar-refractivity contribution < 1.29 is 0 Å². The van der Waals surface area contributed by atoms with E-state index in [0.717, 1.165) is 20.4 Å². The van der Waals surface area contributed by atoms with Crippen molar-refractivity contribution in [2.24, 2.45) is 0 Å². The molecule has 2 atom stereocenters. The summed E-state index contributed by atoms with van der Waals surface area (Å²) in [7, 11) is 5.27. The SMILES string of the molecule is Pc1c(S)ccc(S)c1P. The van der Waals surface area contributed by atoms with Crippen LogP contribution in [0.25, 0.3) is 0 Å². The summed E-state index contributed by atoms with van der Waals surface area (Å²) in [4.78, 5) is 1.96. The molecule has 0 aliphatic rings. The lowest BCUT2D eigenvalue weighted by Crippen LogP contribution is -2.13. The van der Waals surface area contributed by atoms with Crippen molar-refractivity contribution >= 4 is 54.3 Å². The Bertz CT molecular complexity index is 233. The molecule has 0 fully saturated rings. The Morgan fingerprint density at radius 3 is 1.50 bits per heavy atom. The Balaban J connectivity index is 3.34. The first-order valence-corrected chi connectivity index (χ1v) is 4.73. The number of hydrogen-bond acceptors (Lipinski definition) is 2. The van der Waals surface area contributed by atoms with Crippen LogP contribution < -0.4 is 10.6 Å². The second-order valence-electron chi connectivity index (χ2n) is 1.93. The van der Waals surface area contributed by atoms with Gasteiger partial charge in [-0.05, 0) is 22.7 Å². The van der Waals surface area contributed by atoms with Crippen LogP contribution in [-0.4, -0.2) is 0 Å². The van der Waals surface area contributed by atoms with E-state index >= 15 is 0 Å². The molecule has 4 heteroatoms. The zero-order valence-electron chi connectivity index (χ0n) is 5.20. The van der Waals surface area contributed by atoms with Crippen molar-refractivity contribution in [1.82, 2.24) is 0 Å². The topological polar surface area (TPSA) is 0 Å². The summed E-state index contributed by atoms with van der Waals surface area (Å²) in [6.07, 6.45) is 0. The van der Waals surface area contributed by atoms with Crippen LogP contribution in [0.15, 0.2) is 21.9 Å². The number of benzene rings is 1. The Hall–Kier alpha value is 0.780. The van der Waals surface area contributed by atoms with Gasteiger partial charge < -0.3 is 0 Å². The lowest BCUT2D eigenvalue weighted by Gasteiger charge is -2.04. The van der Waals surface area contributed by atoms with Crippen LogP contribution in [0.5, 0.6) is 0 Å². The molecule has 0 saturated heterocycles. The number of thiol groups is 2. The van der Waals surface area contributed by atoms with Gasteiger partial charge in [0.05, 0.1) is 0 Å². The average molecular weight is 206 g/mol. The highest BCUT2D eigenvalue weighted by molar-refractivity contribution is 7.81. The van der Waals surface area contributed by atoms with Gasteiger partial charge in [-0.15, -0.1) is 43.7 Å². The molecule has 54 valence electrons. The molecule has 0 bridgehead atoms. The number of hydrogen-bond donors (Lipinski definition) is 2. The third-order valence-electron chi connectivity index (χ3n) is 1.24. The molecular formula is C6H8P2S2. The smallest absolute Gasteiger partial charge is 0.0119 e. The summed E-state index contributed by atoms with van der Waals surface area (Å²) in [6, 6.07) is 3.86. The second-order valence-corrected chi connectivity index (χ2v) is 4.05. The van der Waals surface area contributed by atoms with E-state index in [9.17, 15) is 0 Å². The van der Waals surface area contributed by atoms with Gasteiger partial charge >= 0.3 is 0 Å². The van der Waals surface area contributed by atoms with Gasteiger partial charge in [0, 0.05) is 9.79 Å². The van der Waals surface area contributed by atoms with Crippen molar-refractivity contribution in [3.8, 4) is 0 Å². The van der Waals surface area contributed by atoms with Gasteiger partial charge in [-0.3, -0.25) is 0 Å². The number of rotatable bonds is 0. The van der Waals surface area contributed by atoms with E-state index in [2.05, 4.69) is 43.7 Å². The zero-order valence-corrected chi connectivity index (χ0v) is 9.30. The van der Waals surface area contributed by atoms with Gasteiger partial charge in [0.15, 0.2) is 0 Å². The second kappa shape index (κ2) is 3.45. The molecule has 0 spiro atoms. The third-order valence-corrected chi connectivity index (χ3v) is 4.08. The molecule has 0 saturated carbocycles. The first kappa shape index (κ1) is 8.87. The van der Waals surface area contributed by atoms with Crippen LogP contribution in [0, 0.1) is 0 Å². The lowest BCUT2D eigenvalue weighted by atomic mass is 10.3. The van der Waals surface area contributed by atoms with Crippen LogP contribution in [-0.2, 0) is 0 Å². The molecule has 0 nitrogen and oxygen atoms in total. The van der Waals surface area contributed by atoms with E-state index in [1.807, 2.05) is 12.1 Å². The van der Waals surface area contributed by atoms with Gasteiger partial charge in [-0.1, -0.05) is 0 Å². The fraction of sp³-hybridized carbons (Fsp3) is 0. The first-order chi connectivity index (χ1) is 4.63. The molecule has 0 N–H and O–H groups in total. The normalized spacial score (nSPS) is 10.0. The van der Waals surface area contributed by atoms with Crippen LogP contribution in [0.3, 0.4) is 0 Å². The summed E-state index contributed by atoms with van der Waals surface area (Å²) < 4.78 is 0. The quantitative estimate of drug-likeness (QED) is 0.463. The lowest BCUT2D eigenvalue weighted by molar-refractivity contribution is 1.46. The van der Waals surface area contributed by atoms with E-state index in [4.69, 9.17) is 0 Å². The Kier molecular flexibility index (Phi) is 3.06. The molecule has 0 aliphatic heterocycles. The van der Waals surface area contributed by atoms with Gasteiger partial charge in [0.25, 0.3) is 0 Å².